The van der Waals surface area contributed by atoms with Crippen molar-refractivity contribution in [2.75, 3.05) is 18.1 Å². The van der Waals surface area contributed by atoms with Crippen molar-refractivity contribution < 1.29 is 4.92 Å². The van der Waals surface area contributed by atoms with Crippen LogP contribution >= 0.6 is 11.8 Å². The summed E-state index contributed by atoms with van der Waals surface area (Å²) in [7, 11) is 0. The van der Waals surface area contributed by atoms with E-state index in [0.29, 0.717) is 0 Å². The zero-order valence-corrected chi connectivity index (χ0v) is 12.7. The van der Waals surface area contributed by atoms with Gasteiger partial charge in [0, 0.05) is 18.2 Å². The molecule has 0 radical (unpaired) electrons. The van der Waals surface area contributed by atoms with Crippen molar-refractivity contribution in [2.45, 2.75) is 32.2 Å². The first-order valence-corrected chi connectivity index (χ1v) is 8.41. The second-order valence-corrected chi connectivity index (χ2v) is 6.48. The number of nitrogens with zero attached hydrogens (tertiary/aromatic N) is 1. The molecule has 1 heterocycles. The molecule has 1 aromatic rings. The van der Waals surface area contributed by atoms with E-state index in [4.69, 9.17) is 0 Å². The smallest absolute Gasteiger partial charge is 0.269 e. The third-order valence-corrected chi connectivity index (χ3v) is 4.97. The predicted molar refractivity (Wildman–Crippen MR) is 84.2 cm³/mol. The maximum atomic E-state index is 10.9. The summed E-state index contributed by atoms with van der Waals surface area (Å²) in [6.45, 7) is 3.16. The molecule has 0 aliphatic carbocycles. The number of hydrogen-bond acceptors (Lipinski definition) is 4. The molecule has 4 nitrogen and oxygen atoms in total. The number of hydrogen-bond donors (Lipinski definition) is 1. The average molecular weight is 294 g/mol. The molecular weight excluding hydrogens is 272 g/mol. The third-order valence-electron chi connectivity index (χ3n) is 3.74. The highest BCUT2D eigenvalue weighted by Gasteiger charge is 2.19. The molecule has 1 aliphatic heterocycles. The lowest BCUT2D eigenvalue weighted by Crippen LogP contribution is -2.27. The van der Waals surface area contributed by atoms with Gasteiger partial charge in [0.1, 0.15) is 0 Å². The summed E-state index contributed by atoms with van der Waals surface area (Å²) < 4.78 is 0. The molecule has 2 unspecified atom stereocenters. The van der Waals surface area contributed by atoms with E-state index in [1.165, 1.54) is 17.9 Å². The zero-order chi connectivity index (χ0) is 14.4. The van der Waals surface area contributed by atoms with Crippen molar-refractivity contribution in [2.24, 2.45) is 5.92 Å². The maximum absolute atomic E-state index is 10.9. The molecule has 0 saturated carbocycles. The fraction of sp³-hybridized carbons (Fsp3) is 0.600. The van der Waals surface area contributed by atoms with E-state index in [-0.39, 0.29) is 16.7 Å². The number of benzene rings is 1. The molecule has 0 aromatic heterocycles. The normalized spacial score (nSPS) is 19.9. The Bertz CT molecular complexity index is 447. The standard InChI is InChI=1S/C15H22N2O2S/c1-2-4-15(16-10-12-7-8-20-11-12)13-5-3-6-14(9-13)17(18)19/h3,5-6,9,12,15-16H,2,4,7-8,10-11H2,1H3. The van der Waals surface area contributed by atoms with Crippen molar-refractivity contribution >= 4 is 17.4 Å². The van der Waals surface area contributed by atoms with Crippen LogP contribution in [0.3, 0.4) is 0 Å². The van der Waals surface area contributed by atoms with E-state index in [2.05, 4.69) is 12.2 Å². The van der Waals surface area contributed by atoms with Gasteiger partial charge in [-0.2, -0.15) is 11.8 Å². The minimum atomic E-state index is -0.319. The van der Waals surface area contributed by atoms with Crippen LogP contribution < -0.4 is 5.32 Å². The number of non-ortho nitro benzene ring substituents is 1. The highest BCUT2D eigenvalue weighted by Crippen LogP contribution is 2.26. The molecule has 1 aliphatic rings. The van der Waals surface area contributed by atoms with Crippen LogP contribution in [0.4, 0.5) is 5.69 Å². The lowest BCUT2D eigenvalue weighted by Gasteiger charge is -2.20. The number of nitro benzene ring substituents is 1. The fourth-order valence-corrected chi connectivity index (χ4v) is 3.87. The van der Waals surface area contributed by atoms with E-state index < -0.39 is 0 Å². The van der Waals surface area contributed by atoms with Crippen LogP contribution in [-0.2, 0) is 0 Å². The molecule has 0 bridgehead atoms. The molecule has 2 rings (SSSR count). The summed E-state index contributed by atoms with van der Waals surface area (Å²) in [4.78, 5) is 10.6. The molecule has 5 heteroatoms. The molecule has 20 heavy (non-hydrogen) atoms. The van der Waals surface area contributed by atoms with Gasteiger partial charge in [0.2, 0.25) is 0 Å². The van der Waals surface area contributed by atoms with Gasteiger partial charge < -0.3 is 5.32 Å². The van der Waals surface area contributed by atoms with Gasteiger partial charge >= 0.3 is 0 Å². The summed E-state index contributed by atoms with van der Waals surface area (Å²) >= 11 is 2.02. The lowest BCUT2D eigenvalue weighted by atomic mass is 10.0. The molecule has 1 saturated heterocycles. The van der Waals surface area contributed by atoms with Crippen molar-refractivity contribution in [3.63, 3.8) is 0 Å². The first kappa shape index (κ1) is 15.3. The van der Waals surface area contributed by atoms with E-state index in [9.17, 15) is 10.1 Å². The van der Waals surface area contributed by atoms with Gasteiger partial charge in [-0.3, -0.25) is 10.1 Å². The largest absolute Gasteiger partial charge is 0.310 e. The zero-order valence-electron chi connectivity index (χ0n) is 11.9. The van der Waals surface area contributed by atoms with E-state index in [0.717, 1.165) is 30.9 Å². The molecule has 1 fully saturated rings. The van der Waals surface area contributed by atoms with Gasteiger partial charge in [0.15, 0.2) is 0 Å². The van der Waals surface area contributed by atoms with Gasteiger partial charge in [0.25, 0.3) is 5.69 Å². The van der Waals surface area contributed by atoms with Gasteiger partial charge in [-0.05, 0) is 42.4 Å². The highest BCUT2D eigenvalue weighted by atomic mass is 32.2. The Labute approximate surface area is 124 Å². The summed E-state index contributed by atoms with van der Waals surface area (Å²) in [6.07, 6.45) is 3.37. The van der Waals surface area contributed by atoms with Crippen LogP contribution in [0.2, 0.25) is 0 Å². The Morgan fingerprint density at radius 3 is 3.05 bits per heavy atom. The molecule has 2 atom stereocenters. The van der Waals surface area contributed by atoms with Gasteiger partial charge in [-0.25, -0.2) is 0 Å². The van der Waals surface area contributed by atoms with Crippen LogP contribution in [0.15, 0.2) is 24.3 Å². The molecule has 0 amide bonds. The Balaban J connectivity index is 2.02. The minimum Gasteiger partial charge on any atom is -0.310 e. The van der Waals surface area contributed by atoms with Gasteiger partial charge in [-0.15, -0.1) is 0 Å². The fourth-order valence-electron chi connectivity index (χ4n) is 2.58. The van der Waals surface area contributed by atoms with E-state index in [1.54, 1.807) is 18.2 Å². The average Bonchev–Trinajstić information content (AvgIpc) is 2.97. The number of thioether (sulfide) groups is 1. The van der Waals surface area contributed by atoms with Crippen molar-refractivity contribution in [1.29, 1.82) is 0 Å². The van der Waals surface area contributed by atoms with Gasteiger partial charge in [-0.1, -0.05) is 25.5 Å². The summed E-state index contributed by atoms with van der Waals surface area (Å²) in [5.41, 5.74) is 1.22. The molecular formula is C15H22N2O2S. The maximum Gasteiger partial charge on any atom is 0.269 e. The third kappa shape index (κ3) is 4.21. The Morgan fingerprint density at radius 2 is 2.40 bits per heavy atom. The van der Waals surface area contributed by atoms with Crippen LogP contribution in [0.25, 0.3) is 0 Å². The topological polar surface area (TPSA) is 55.2 Å². The van der Waals surface area contributed by atoms with E-state index in [1.807, 2.05) is 17.8 Å². The van der Waals surface area contributed by atoms with Crippen molar-refractivity contribution in [1.82, 2.24) is 5.32 Å². The van der Waals surface area contributed by atoms with Crippen LogP contribution in [0.1, 0.15) is 37.8 Å². The first-order valence-electron chi connectivity index (χ1n) is 7.26. The first-order chi connectivity index (χ1) is 9.70. The van der Waals surface area contributed by atoms with E-state index >= 15 is 0 Å². The van der Waals surface area contributed by atoms with Crippen LogP contribution in [-0.4, -0.2) is 23.0 Å². The second-order valence-electron chi connectivity index (χ2n) is 5.33. The molecule has 1 aromatic carbocycles. The molecule has 0 spiro atoms. The molecule has 1 N–H and O–H groups in total. The van der Waals surface area contributed by atoms with Crippen molar-refractivity contribution in [3.05, 3.63) is 39.9 Å². The Kier molecular flexibility index (Phi) is 5.86. The monoisotopic (exact) mass is 294 g/mol. The minimum absolute atomic E-state index is 0.182. The quantitative estimate of drug-likeness (QED) is 0.614. The number of rotatable bonds is 7. The van der Waals surface area contributed by atoms with Crippen LogP contribution in [0, 0.1) is 16.0 Å². The summed E-state index contributed by atoms with van der Waals surface area (Å²) in [6, 6.07) is 7.26. The number of nitrogens with one attached hydrogen (secondary N) is 1. The number of nitro groups is 1. The summed E-state index contributed by atoms with van der Waals surface area (Å²) in [5, 5.41) is 14.5. The Hall–Kier alpha value is -1.07. The SMILES string of the molecule is CCCC(NCC1CCSC1)c1cccc([N+](=O)[O-])c1. The van der Waals surface area contributed by atoms with Crippen LogP contribution in [0.5, 0.6) is 0 Å². The summed E-state index contributed by atoms with van der Waals surface area (Å²) in [5.74, 6) is 3.25. The predicted octanol–water partition coefficient (Wildman–Crippen LogP) is 3.78. The highest BCUT2D eigenvalue weighted by molar-refractivity contribution is 7.99. The molecule has 110 valence electrons. The Morgan fingerprint density at radius 1 is 1.55 bits per heavy atom. The second kappa shape index (κ2) is 7.64. The van der Waals surface area contributed by atoms with Crippen molar-refractivity contribution in [3.8, 4) is 0 Å². The van der Waals surface area contributed by atoms with Gasteiger partial charge in [0.05, 0.1) is 4.92 Å². The lowest BCUT2D eigenvalue weighted by molar-refractivity contribution is -0.384.